The number of carboxylic acids is 1. The van der Waals surface area contributed by atoms with E-state index >= 15 is 0 Å². The van der Waals surface area contributed by atoms with Crippen molar-refractivity contribution in [2.75, 3.05) is 6.54 Å². The molecule has 0 amide bonds. The molecule has 0 fully saturated rings. The molecule has 134 valence electrons. The van der Waals surface area contributed by atoms with Gasteiger partial charge in [0, 0.05) is 25.1 Å². The van der Waals surface area contributed by atoms with Crippen molar-refractivity contribution in [2.24, 2.45) is 0 Å². The van der Waals surface area contributed by atoms with Crippen LogP contribution in [0.25, 0.3) is 5.69 Å². The van der Waals surface area contributed by atoms with Crippen molar-refractivity contribution in [3.8, 4) is 5.69 Å². The molecule has 0 radical (unpaired) electrons. The number of sulfonamides is 1. The zero-order chi connectivity index (χ0) is 18.3. The van der Waals surface area contributed by atoms with Gasteiger partial charge in [-0.2, -0.15) is 9.40 Å². The van der Waals surface area contributed by atoms with Gasteiger partial charge in [0.05, 0.1) is 11.4 Å². The summed E-state index contributed by atoms with van der Waals surface area (Å²) >= 11 is 1.15. The summed E-state index contributed by atoms with van der Waals surface area (Å²) in [6.07, 6.45) is 0.398. The van der Waals surface area contributed by atoms with Crippen molar-refractivity contribution in [3.05, 3.63) is 64.8 Å². The van der Waals surface area contributed by atoms with Crippen molar-refractivity contribution < 1.29 is 18.3 Å². The van der Waals surface area contributed by atoms with Gasteiger partial charge < -0.3 is 5.11 Å². The number of carbonyl (C=O) groups is 1. The number of hydrogen-bond acceptors (Lipinski definition) is 5. The largest absolute Gasteiger partial charge is 0.476 e. The third-order valence-electron chi connectivity index (χ3n) is 4.31. The predicted octanol–water partition coefficient (Wildman–Crippen LogP) is 2.38. The van der Waals surface area contributed by atoms with Gasteiger partial charge in [-0.15, -0.1) is 11.3 Å². The summed E-state index contributed by atoms with van der Waals surface area (Å²) in [5.74, 6) is -1.16. The second-order valence-corrected chi connectivity index (χ2v) is 8.96. The Labute approximate surface area is 154 Å². The van der Waals surface area contributed by atoms with Gasteiger partial charge in [-0.25, -0.2) is 17.9 Å². The lowest BCUT2D eigenvalue weighted by atomic mass is 10.1. The summed E-state index contributed by atoms with van der Waals surface area (Å²) in [4.78, 5) is 11.7. The first-order chi connectivity index (χ1) is 12.5. The normalized spacial score (nSPS) is 14.9. The third kappa shape index (κ3) is 2.74. The maximum absolute atomic E-state index is 12.8. The van der Waals surface area contributed by atoms with E-state index in [1.165, 1.54) is 4.31 Å². The number of para-hydroxylation sites is 1. The number of nitrogens with zero attached hydrogens (tertiary/aromatic N) is 3. The average molecular weight is 389 g/mol. The zero-order valence-electron chi connectivity index (χ0n) is 13.6. The number of thiophene rings is 1. The SMILES string of the molecule is O=C(O)c1nn(-c2ccccc2)c2c1CN(S(=O)(=O)c1cccs1)CC2. The summed E-state index contributed by atoms with van der Waals surface area (Å²) in [5.41, 5.74) is 1.85. The molecule has 0 atom stereocenters. The van der Waals surface area contributed by atoms with Gasteiger partial charge in [-0.3, -0.25) is 0 Å². The lowest BCUT2D eigenvalue weighted by molar-refractivity contribution is 0.0688. The van der Waals surface area contributed by atoms with Crippen LogP contribution in [0, 0.1) is 0 Å². The van der Waals surface area contributed by atoms with E-state index < -0.39 is 16.0 Å². The molecule has 4 rings (SSSR count). The minimum Gasteiger partial charge on any atom is -0.476 e. The van der Waals surface area contributed by atoms with Crippen LogP contribution in [0.5, 0.6) is 0 Å². The van der Waals surface area contributed by atoms with Crippen molar-refractivity contribution in [2.45, 2.75) is 17.2 Å². The quantitative estimate of drug-likeness (QED) is 0.740. The Morgan fingerprint density at radius 1 is 1.15 bits per heavy atom. The Morgan fingerprint density at radius 2 is 1.92 bits per heavy atom. The standard InChI is InChI=1S/C17H15N3O4S2/c21-17(22)16-13-11-19(26(23,24)15-7-4-10-25-15)9-8-14(13)20(18-16)12-5-2-1-3-6-12/h1-7,10H,8-9,11H2,(H,21,22). The smallest absolute Gasteiger partial charge is 0.356 e. The lowest BCUT2D eigenvalue weighted by Crippen LogP contribution is -2.36. The minimum absolute atomic E-state index is 0.00400. The molecule has 0 unspecified atom stereocenters. The van der Waals surface area contributed by atoms with Gasteiger partial charge in [-0.1, -0.05) is 24.3 Å². The number of aromatic carboxylic acids is 1. The van der Waals surface area contributed by atoms with Crippen molar-refractivity contribution in [3.63, 3.8) is 0 Å². The maximum atomic E-state index is 12.8. The van der Waals surface area contributed by atoms with Crippen LogP contribution >= 0.6 is 11.3 Å². The van der Waals surface area contributed by atoms with Gasteiger partial charge in [0.1, 0.15) is 4.21 Å². The number of benzene rings is 1. The lowest BCUT2D eigenvalue weighted by Gasteiger charge is -2.26. The van der Waals surface area contributed by atoms with Crippen LogP contribution in [-0.2, 0) is 23.0 Å². The van der Waals surface area contributed by atoms with Crippen LogP contribution in [0.2, 0.25) is 0 Å². The zero-order valence-corrected chi connectivity index (χ0v) is 15.2. The fourth-order valence-electron chi connectivity index (χ4n) is 3.09. The molecule has 3 aromatic rings. The molecular weight excluding hydrogens is 374 g/mol. The summed E-state index contributed by atoms with van der Waals surface area (Å²) < 4.78 is 28.7. The van der Waals surface area contributed by atoms with Gasteiger partial charge >= 0.3 is 5.97 Å². The van der Waals surface area contributed by atoms with E-state index in [0.717, 1.165) is 22.7 Å². The number of carboxylic acid groups (broad SMARTS) is 1. The van der Waals surface area contributed by atoms with Crippen LogP contribution < -0.4 is 0 Å². The molecule has 26 heavy (non-hydrogen) atoms. The molecule has 0 saturated heterocycles. The first kappa shape index (κ1) is 17.0. The Kier molecular flexibility index (Phi) is 4.14. The van der Waals surface area contributed by atoms with Crippen molar-refractivity contribution in [1.29, 1.82) is 0 Å². The molecule has 9 heteroatoms. The van der Waals surface area contributed by atoms with E-state index in [2.05, 4.69) is 5.10 Å². The average Bonchev–Trinajstić information content (AvgIpc) is 3.30. The van der Waals surface area contributed by atoms with Gasteiger partial charge in [0.25, 0.3) is 10.0 Å². The molecule has 0 saturated carbocycles. The van der Waals surface area contributed by atoms with Crippen molar-refractivity contribution in [1.82, 2.24) is 14.1 Å². The molecule has 0 bridgehead atoms. The van der Waals surface area contributed by atoms with Gasteiger partial charge in [0.15, 0.2) is 5.69 Å². The van der Waals surface area contributed by atoms with Crippen LogP contribution in [-0.4, -0.2) is 40.1 Å². The Hall–Kier alpha value is -2.49. The molecule has 0 spiro atoms. The monoisotopic (exact) mass is 389 g/mol. The van der Waals surface area contributed by atoms with Gasteiger partial charge in [0.2, 0.25) is 0 Å². The predicted molar refractivity (Wildman–Crippen MR) is 96.1 cm³/mol. The van der Waals surface area contributed by atoms with E-state index in [1.54, 1.807) is 22.2 Å². The van der Waals surface area contributed by atoms with Crippen LogP contribution in [0.4, 0.5) is 0 Å². The maximum Gasteiger partial charge on any atom is 0.356 e. The minimum atomic E-state index is -3.64. The van der Waals surface area contributed by atoms with E-state index in [1.807, 2.05) is 30.3 Å². The highest BCUT2D eigenvalue weighted by atomic mass is 32.2. The molecular formula is C17H15N3O4S2. The molecule has 2 aromatic heterocycles. The van der Waals surface area contributed by atoms with E-state index in [-0.39, 0.29) is 23.0 Å². The summed E-state index contributed by atoms with van der Waals surface area (Å²) in [7, 11) is -3.64. The molecule has 7 nitrogen and oxygen atoms in total. The third-order valence-corrected chi connectivity index (χ3v) is 7.53. The summed E-state index contributed by atoms with van der Waals surface area (Å²) in [5, 5.41) is 15.5. The number of aromatic nitrogens is 2. The van der Waals surface area contributed by atoms with Crippen LogP contribution in [0.3, 0.4) is 0 Å². The molecule has 1 aliphatic heterocycles. The number of rotatable bonds is 4. The topological polar surface area (TPSA) is 92.5 Å². The first-order valence-electron chi connectivity index (χ1n) is 7.91. The highest BCUT2D eigenvalue weighted by molar-refractivity contribution is 7.91. The van der Waals surface area contributed by atoms with E-state index in [4.69, 9.17) is 0 Å². The van der Waals surface area contributed by atoms with Crippen LogP contribution in [0.1, 0.15) is 21.7 Å². The Morgan fingerprint density at radius 3 is 2.58 bits per heavy atom. The molecule has 1 N–H and O–H groups in total. The van der Waals surface area contributed by atoms with E-state index in [0.29, 0.717) is 12.0 Å². The first-order valence-corrected chi connectivity index (χ1v) is 10.2. The highest BCUT2D eigenvalue weighted by Gasteiger charge is 2.34. The summed E-state index contributed by atoms with van der Waals surface area (Å²) in [6, 6.07) is 12.5. The second-order valence-electron chi connectivity index (χ2n) is 5.85. The Bertz CT molecular complexity index is 1060. The van der Waals surface area contributed by atoms with Crippen molar-refractivity contribution >= 4 is 27.3 Å². The van der Waals surface area contributed by atoms with Crippen LogP contribution in [0.15, 0.2) is 52.1 Å². The molecule has 0 aliphatic carbocycles. The van der Waals surface area contributed by atoms with E-state index in [9.17, 15) is 18.3 Å². The summed E-state index contributed by atoms with van der Waals surface area (Å²) in [6.45, 7) is 0.287. The highest BCUT2D eigenvalue weighted by Crippen LogP contribution is 2.30. The number of hydrogen-bond donors (Lipinski definition) is 1. The molecule has 1 aromatic carbocycles. The molecule has 1 aliphatic rings. The fraction of sp³-hybridized carbons (Fsp3) is 0.176. The Balaban J connectivity index is 1.78. The second kappa shape index (κ2) is 6.35. The number of fused-ring (bicyclic) bond motifs is 1. The fourth-order valence-corrected chi connectivity index (χ4v) is 5.64. The van der Waals surface area contributed by atoms with Gasteiger partial charge in [-0.05, 0) is 23.6 Å². The molecule has 3 heterocycles.